The van der Waals surface area contributed by atoms with E-state index in [1.165, 1.54) is 13.2 Å². The van der Waals surface area contributed by atoms with Gasteiger partial charge in [-0.05, 0) is 31.0 Å². The van der Waals surface area contributed by atoms with Crippen LogP contribution >= 0.6 is 0 Å². The second kappa shape index (κ2) is 7.98. The van der Waals surface area contributed by atoms with Crippen LogP contribution in [-0.2, 0) is 28.9 Å². The summed E-state index contributed by atoms with van der Waals surface area (Å²) in [6.07, 6.45) is 1.21. The van der Waals surface area contributed by atoms with Crippen molar-refractivity contribution < 1.29 is 14.3 Å². The summed E-state index contributed by atoms with van der Waals surface area (Å²) in [7, 11) is 1.33. The number of nitriles is 2. The van der Waals surface area contributed by atoms with Gasteiger partial charge in [-0.2, -0.15) is 15.6 Å². The van der Waals surface area contributed by atoms with E-state index in [0.29, 0.717) is 41.2 Å². The largest absolute Gasteiger partial charge is 0.468 e. The molecule has 0 saturated carbocycles. The number of carbonyl (C=O) groups is 1. The SMILES string of the molecule is CCc1nn(CC(=O)OC)c(CC)c1Oc1cc(C#N)cc(C#N)c1. The molecular weight excluding hydrogens is 320 g/mol. The highest BCUT2D eigenvalue weighted by atomic mass is 16.5. The molecule has 0 bridgehead atoms. The first-order valence-electron chi connectivity index (χ1n) is 7.84. The number of methoxy groups -OCH3 is 1. The van der Waals surface area contributed by atoms with Crippen LogP contribution in [0.1, 0.15) is 36.4 Å². The van der Waals surface area contributed by atoms with Gasteiger partial charge >= 0.3 is 5.97 Å². The highest BCUT2D eigenvalue weighted by molar-refractivity contribution is 5.69. The molecule has 0 amide bonds. The highest BCUT2D eigenvalue weighted by Gasteiger charge is 2.20. The van der Waals surface area contributed by atoms with Gasteiger partial charge in [-0.1, -0.05) is 13.8 Å². The second-order valence-corrected chi connectivity index (χ2v) is 5.24. The van der Waals surface area contributed by atoms with Gasteiger partial charge in [-0.25, -0.2) is 0 Å². The summed E-state index contributed by atoms with van der Waals surface area (Å²) in [6, 6.07) is 8.65. The van der Waals surface area contributed by atoms with Crippen molar-refractivity contribution in [3.63, 3.8) is 0 Å². The third-order valence-electron chi connectivity index (χ3n) is 3.64. The first-order chi connectivity index (χ1) is 12.1. The van der Waals surface area contributed by atoms with Gasteiger partial charge in [0.25, 0.3) is 0 Å². The van der Waals surface area contributed by atoms with Crippen LogP contribution in [0.2, 0.25) is 0 Å². The van der Waals surface area contributed by atoms with Crippen LogP contribution < -0.4 is 4.74 Å². The maximum atomic E-state index is 11.6. The van der Waals surface area contributed by atoms with E-state index in [1.54, 1.807) is 16.8 Å². The van der Waals surface area contributed by atoms with Crippen LogP contribution in [0, 0.1) is 22.7 Å². The van der Waals surface area contributed by atoms with Crippen molar-refractivity contribution in [1.29, 1.82) is 10.5 Å². The summed E-state index contributed by atoms with van der Waals surface area (Å²) in [4.78, 5) is 11.6. The van der Waals surface area contributed by atoms with Gasteiger partial charge in [0.05, 0.1) is 36.1 Å². The van der Waals surface area contributed by atoms with Crippen LogP contribution in [0.5, 0.6) is 11.5 Å². The van der Waals surface area contributed by atoms with E-state index >= 15 is 0 Å². The lowest BCUT2D eigenvalue weighted by Crippen LogP contribution is -2.15. The van der Waals surface area contributed by atoms with Crippen LogP contribution in [-0.4, -0.2) is 22.9 Å². The molecule has 7 nitrogen and oxygen atoms in total. The lowest BCUT2D eigenvalue weighted by molar-refractivity contribution is -0.141. The predicted molar refractivity (Wildman–Crippen MR) is 88.9 cm³/mol. The van der Waals surface area contributed by atoms with Crippen LogP contribution in [0.3, 0.4) is 0 Å². The summed E-state index contributed by atoms with van der Waals surface area (Å²) < 4.78 is 12.2. The number of aryl methyl sites for hydroxylation is 1. The van der Waals surface area contributed by atoms with E-state index in [-0.39, 0.29) is 6.54 Å². The normalized spacial score (nSPS) is 9.96. The van der Waals surface area contributed by atoms with Gasteiger partial charge in [0.1, 0.15) is 18.0 Å². The zero-order valence-corrected chi connectivity index (χ0v) is 14.4. The van der Waals surface area contributed by atoms with E-state index in [1.807, 2.05) is 26.0 Å². The summed E-state index contributed by atoms with van der Waals surface area (Å²) in [5, 5.41) is 22.6. The molecule has 0 saturated heterocycles. The standard InChI is InChI=1S/C18H18N4O3/c1-4-15-18(16(5-2)22(21-15)11-17(23)24-3)25-14-7-12(9-19)6-13(8-14)10-20/h6-8H,4-5,11H2,1-3H3. The molecule has 2 aromatic rings. The van der Waals surface area contributed by atoms with Gasteiger partial charge in [0.15, 0.2) is 5.75 Å². The van der Waals surface area contributed by atoms with Crippen molar-refractivity contribution >= 4 is 5.97 Å². The molecule has 2 rings (SSSR count). The number of rotatable bonds is 6. The number of hydrogen-bond acceptors (Lipinski definition) is 6. The Labute approximate surface area is 146 Å². The average Bonchev–Trinajstić information content (AvgIpc) is 2.97. The molecule has 25 heavy (non-hydrogen) atoms. The number of aromatic nitrogens is 2. The quantitative estimate of drug-likeness (QED) is 0.751. The number of carbonyl (C=O) groups excluding carboxylic acids is 1. The van der Waals surface area contributed by atoms with Crippen molar-refractivity contribution in [2.24, 2.45) is 0 Å². The molecule has 0 aliphatic carbocycles. The lowest BCUT2D eigenvalue weighted by Gasteiger charge is -2.09. The molecular formula is C18H18N4O3. The number of hydrogen-bond donors (Lipinski definition) is 0. The van der Waals surface area contributed by atoms with Crippen LogP contribution in [0.25, 0.3) is 0 Å². The van der Waals surface area contributed by atoms with Gasteiger partial charge in [0.2, 0.25) is 0 Å². The average molecular weight is 338 g/mol. The number of nitrogens with zero attached hydrogens (tertiary/aromatic N) is 4. The van der Waals surface area contributed by atoms with E-state index < -0.39 is 5.97 Å². The molecule has 0 aliphatic rings. The Morgan fingerprint density at radius 3 is 2.28 bits per heavy atom. The lowest BCUT2D eigenvalue weighted by atomic mass is 10.1. The predicted octanol–water partition coefficient (Wildman–Crippen LogP) is 2.72. The van der Waals surface area contributed by atoms with Gasteiger partial charge in [-0.3, -0.25) is 9.48 Å². The van der Waals surface area contributed by atoms with E-state index in [4.69, 9.17) is 20.0 Å². The minimum Gasteiger partial charge on any atom is -0.468 e. The van der Waals surface area contributed by atoms with Crippen molar-refractivity contribution in [3.8, 4) is 23.6 Å². The van der Waals surface area contributed by atoms with E-state index in [9.17, 15) is 4.79 Å². The van der Waals surface area contributed by atoms with Crippen molar-refractivity contribution in [3.05, 3.63) is 40.7 Å². The first kappa shape index (κ1) is 18.0. The third kappa shape index (κ3) is 3.96. The maximum Gasteiger partial charge on any atom is 0.327 e. The molecule has 0 atom stereocenters. The molecule has 0 spiro atoms. The second-order valence-electron chi connectivity index (χ2n) is 5.24. The number of ether oxygens (including phenoxy) is 2. The van der Waals surface area contributed by atoms with Crippen molar-refractivity contribution in [1.82, 2.24) is 9.78 Å². The Balaban J connectivity index is 2.47. The Bertz CT molecular complexity index is 839. The zero-order valence-electron chi connectivity index (χ0n) is 14.4. The fourth-order valence-electron chi connectivity index (χ4n) is 2.45. The maximum absolute atomic E-state index is 11.6. The zero-order chi connectivity index (χ0) is 18.4. The van der Waals surface area contributed by atoms with Crippen molar-refractivity contribution in [2.75, 3.05) is 7.11 Å². The van der Waals surface area contributed by atoms with Crippen LogP contribution in [0.4, 0.5) is 0 Å². The van der Waals surface area contributed by atoms with Gasteiger partial charge in [0, 0.05) is 0 Å². The topological polar surface area (TPSA) is 101 Å². The molecule has 7 heteroatoms. The Morgan fingerprint density at radius 2 is 1.80 bits per heavy atom. The molecule has 0 unspecified atom stereocenters. The van der Waals surface area contributed by atoms with Gasteiger partial charge < -0.3 is 9.47 Å². The molecule has 0 aliphatic heterocycles. The molecule has 1 heterocycles. The minimum absolute atomic E-state index is 0.00227. The van der Waals surface area contributed by atoms with Gasteiger partial charge in [-0.15, -0.1) is 0 Å². The van der Waals surface area contributed by atoms with Crippen LogP contribution in [0.15, 0.2) is 18.2 Å². The fraction of sp³-hybridized carbons (Fsp3) is 0.333. The Kier molecular flexibility index (Phi) is 5.75. The monoisotopic (exact) mass is 338 g/mol. The third-order valence-corrected chi connectivity index (χ3v) is 3.64. The van der Waals surface area contributed by atoms with Crippen molar-refractivity contribution in [2.45, 2.75) is 33.2 Å². The fourth-order valence-corrected chi connectivity index (χ4v) is 2.45. The smallest absolute Gasteiger partial charge is 0.327 e. The molecule has 128 valence electrons. The highest BCUT2D eigenvalue weighted by Crippen LogP contribution is 2.31. The molecule has 1 aromatic heterocycles. The summed E-state index contributed by atoms with van der Waals surface area (Å²) in [6.45, 7) is 3.87. The minimum atomic E-state index is -0.398. The van der Waals surface area contributed by atoms with E-state index in [2.05, 4.69) is 5.10 Å². The molecule has 1 aromatic carbocycles. The van der Waals surface area contributed by atoms with E-state index in [0.717, 1.165) is 5.69 Å². The number of esters is 1. The molecule has 0 N–H and O–H groups in total. The Morgan fingerprint density at radius 1 is 1.16 bits per heavy atom. The summed E-state index contributed by atoms with van der Waals surface area (Å²) >= 11 is 0. The summed E-state index contributed by atoms with van der Waals surface area (Å²) in [5.74, 6) is 0.537. The first-order valence-corrected chi connectivity index (χ1v) is 7.84. The molecule has 0 radical (unpaired) electrons. The molecule has 0 fully saturated rings. The number of benzene rings is 1. The Hall–Kier alpha value is -3.32. The summed E-state index contributed by atoms with van der Waals surface area (Å²) in [5.41, 5.74) is 2.13.